The van der Waals surface area contributed by atoms with E-state index in [0.29, 0.717) is 5.92 Å². The number of rotatable bonds is 2. The van der Waals surface area contributed by atoms with Crippen LogP contribution in [0.5, 0.6) is 0 Å². The summed E-state index contributed by atoms with van der Waals surface area (Å²) in [7, 11) is 2.20. The van der Waals surface area contributed by atoms with Crippen molar-refractivity contribution in [3.05, 3.63) is 12.2 Å². The zero-order valence-corrected chi connectivity index (χ0v) is 8.64. The van der Waals surface area contributed by atoms with Crippen LogP contribution in [0.4, 0.5) is 0 Å². The molecule has 1 aliphatic rings. The number of likely N-dealkylation sites (tertiary alicyclic amines) is 1. The summed E-state index contributed by atoms with van der Waals surface area (Å²) in [5, 5.41) is 0. The number of allylic oxidation sites excluding steroid dienone is 1. The molecule has 0 aromatic rings. The second-order valence-electron chi connectivity index (χ2n) is 4.31. The Morgan fingerprint density at radius 2 is 1.83 bits per heavy atom. The van der Waals surface area contributed by atoms with Gasteiger partial charge in [-0.3, -0.25) is 0 Å². The van der Waals surface area contributed by atoms with Crippen LogP contribution in [0.1, 0.15) is 26.7 Å². The van der Waals surface area contributed by atoms with E-state index in [0.717, 1.165) is 5.92 Å². The first-order valence-electron chi connectivity index (χ1n) is 4.98. The third-order valence-corrected chi connectivity index (χ3v) is 2.98. The van der Waals surface area contributed by atoms with Crippen molar-refractivity contribution in [2.45, 2.75) is 26.7 Å². The highest BCUT2D eigenvalue weighted by Gasteiger charge is 2.20. The van der Waals surface area contributed by atoms with Crippen LogP contribution >= 0.6 is 0 Å². The summed E-state index contributed by atoms with van der Waals surface area (Å²) in [6.07, 6.45) is 2.63. The second-order valence-corrected chi connectivity index (χ2v) is 4.31. The van der Waals surface area contributed by atoms with Gasteiger partial charge in [-0.25, -0.2) is 0 Å². The molecule has 1 saturated heterocycles. The summed E-state index contributed by atoms with van der Waals surface area (Å²) in [6.45, 7) is 11.2. The third-order valence-electron chi connectivity index (χ3n) is 2.98. The van der Waals surface area contributed by atoms with Gasteiger partial charge in [0.2, 0.25) is 0 Å². The normalized spacial score (nSPS) is 21.7. The molecule has 0 radical (unpaired) electrons. The molecule has 0 N–H and O–H groups in total. The minimum atomic E-state index is 0.665. The molecule has 1 heterocycles. The van der Waals surface area contributed by atoms with Crippen LogP contribution in [0.2, 0.25) is 0 Å². The van der Waals surface area contributed by atoms with E-state index < -0.39 is 0 Å². The third kappa shape index (κ3) is 2.34. The monoisotopic (exact) mass is 167 g/mol. The number of hydrogen-bond donors (Lipinski definition) is 0. The van der Waals surface area contributed by atoms with Crippen molar-refractivity contribution in [1.29, 1.82) is 0 Å². The summed E-state index contributed by atoms with van der Waals surface area (Å²) in [4.78, 5) is 2.41. The van der Waals surface area contributed by atoms with Crippen molar-refractivity contribution in [3.8, 4) is 0 Å². The molecule has 1 nitrogen and oxygen atoms in total. The summed E-state index contributed by atoms with van der Waals surface area (Å²) in [5.41, 5.74) is 1.46. The Morgan fingerprint density at radius 1 is 1.33 bits per heavy atom. The van der Waals surface area contributed by atoms with E-state index in [2.05, 4.69) is 32.4 Å². The highest BCUT2D eigenvalue weighted by molar-refractivity contribution is 5.04. The summed E-state index contributed by atoms with van der Waals surface area (Å²) >= 11 is 0. The van der Waals surface area contributed by atoms with Crippen LogP contribution in [0.25, 0.3) is 0 Å². The molecular formula is C11H21N. The second kappa shape index (κ2) is 4.08. The lowest BCUT2D eigenvalue weighted by Crippen LogP contribution is -2.31. The van der Waals surface area contributed by atoms with E-state index in [1.54, 1.807) is 0 Å². The predicted molar refractivity (Wildman–Crippen MR) is 54.2 cm³/mol. The lowest BCUT2D eigenvalue weighted by molar-refractivity contribution is 0.232. The highest BCUT2D eigenvalue weighted by Crippen LogP contribution is 2.27. The summed E-state index contributed by atoms with van der Waals surface area (Å²) < 4.78 is 0. The first-order chi connectivity index (χ1) is 5.61. The molecule has 1 fully saturated rings. The Morgan fingerprint density at radius 3 is 2.25 bits per heavy atom. The average Bonchev–Trinajstić information content (AvgIpc) is 2.04. The van der Waals surface area contributed by atoms with Gasteiger partial charge < -0.3 is 4.90 Å². The van der Waals surface area contributed by atoms with Crippen LogP contribution in [0, 0.1) is 11.8 Å². The standard InChI is InChI=1S/C11H21N/c1-9(2)10(3)11-5-7-12(4)8-6-11/h9,11H,3,5-8H2,1-2,4H3. The molecule has 0 spiro atoms. The molecule has 0 atom stereocenters. The zero-order valence-electron chi connectivity index (χ0n) is 8.64. The first kappa shape index (κ1) is 9.79. The minimum absolute atomic E-state index is 0.665. The molecule has 12 heavy (non-hydrogen) atoms. The van der Waals surface area contributed by atoms with E-state index in [1.807, 2.05) is 0 Å². The van der Waals surface area contributed by atoms with Gasteiger partial charge in [0.05, 0.1) is 0 Å². The van der Waals surface area contributed by atoms with Gasteiger partial charge in [0.25, 0.3) is 0 Å². The molecule has 0 aliphatic carbocycles. The predicted octanol–water partition coefficient (Wildman–Crippen LogP) is 2.54. The maximum Gasteiger partial charge on any atom is -0.00161 e. The van der Waals surface area contributed by atoms with E-state index in [4.69, 9.17) is 0 Å². The lowest BCUT2D eigenvalue weighted by Gasteiger charge is -2.31. The van der Waals surface area contributed by atoms with Gasteiger partial charge in [-0.1, -0.05) is 26.0 Å². The van der Waals surface area contributed by atoms with Crippen LogP contribution in [-0.4, -0.2) is 25.0 Å². The van der Waals surface area contributed by atoms with Crippen LogP contribution in [0.3, 0.4) is 0 Å². The van der Waals surface area contributed by atoms with E-state index in [-0.39, 0.29) is 0 Å². The van der Waals surface area contributed by atoms with Crippen LogP contribution < -0.4 is 0 Å². The van der Waals surface area contributed by atoms with Crippen LogP contribution in [0.15, 0.2) is 12.2 Å². The number of piperidine rings is 1. The largest absolute Gasteiger partial charge is 0.306 e. The van der Waals surface area contributed by atoms with E-state index in [1.165, 1.54) is 31.5 Å². The topological polar surface area (TPSA) is 3.24 Å². The molecule has 1 aliphatic heterocycles. The van der Waals surface area contributed by atoms with E-state index >= 15 is 0 Å². The quantitative estimate of drug-likeness (QED) is 0.571. The van der Waals surface area contributed by atoms with Crippen molar-refractivity contribution in [2.24, 2.45) is 11.8 Å². The SMILES string of the molecule is C=C(C(C)C)C1CCN(C)CC1. The molecule has 0 unspecified atom stereocenters. The van der Waals surface area contributed by atoms with Gasteiger partial charge >= 0.3 is 0 Å². The van der Waals surface area contributed by atoms with Gasteiger partial charge in [-0.05, 0) is 44.8 Å². The Kier molecular flexibility index (Phi) is 3.33. The molecular weight excluding hydrogens is 146 g/mol. The summed E-state index contributed by atoms with van der Waals surface area (Å²) in [5.74, 6) is 1.46. The molecule has 0 bridgehead atoms. The zero-order chi connectivity index (χ0) is 9.14. The van der Waals surface area contributed by atoms with Crippen molar-refractivity contribution in [3.63, 3.8) is 0 Å². The molecule has 70 valence electrons. The number of hydrogen-bond acceptors (Lipinski definition) is 1. The molecule has 0 aromatic carbocycles. The summed E-state index contributed by atoms with van der Waals surface area (Å²) in [6, 6.07) is 0. The van der Waals surface area contributed by atoms with Gasteiger partial charge in [-0.2, -0.15) is 0 Å². The van der Waals surface area contributed by atoms with Crippen molar-refractivity contribution >= 4 is 0 Å². The smallest absolute Gasteiger partial charge is 0.00161 e. The molecule has 0 amide bonds. The number of nitrogens with zero attached hydrogens (tertiary/aromatic N) is 1. The van der Waals surface area contributed by atoms with Crippen molar-refractivity contribution in [1.82, 2.24) is 4.90 Å². The Labute approximate surface area is 76.5 Å². The van der Waals surface area contributed by atoms with Crippen LogP contribution in [-0.2, 0) is 0 Å². The molecule has 1 heteroatoms. The van der Waals surface area contributed by atoms with Crippen molar-refractivity contribution < 1.29 is 0 Å². The van der Waals surface area contributed by atoms with Gasteiger partial charge in [0.15, 0.2) is 0 Å². The lowest BCUT2D eigenvalue weighted by atomic mass is 9.84. The highest BCUT2D eigenvalue weighted by atomic mass is 15.1. The maximum atomic E-state index is 4.18. The van der Waals surface area contributed by atoms with Gasteiger partial charge in [0.1, 0.15) is 0 Å². The maximum absolute atomic E-state index is 4.18. The van der Waals surface area contributed by atoms with Crippen molar-refractivity contribution in [2.75, 3.05) is 20.1 Å². The first-order valence-corrected chi connectivity index (χ1v) is 4.98. The molecule has 0 saturated carbocycles. The molecule has 0 aromatic heterocycles. The average molecular weight is 167 g/mol. The molecule has 1 rings (SSSR count). The Balaban J connectivity index is 2.39. The fourth-order valence-corrected chi connectivity index (χ4v) is 1.85. The van der Waals surface area contributed by atoms with Gasteiger partial charge in [-0.15, -0.1) is 0 Å². The van der Waals surface area contributed by atoms with Gasteiger partial charge in [0, 0.05) is 0 Å². The fourth-order valence-electron chi connectivity index (χ4n) is 1.85. The minimum Gasteiger partial charge on any atom is -0.306 e. The van der Waals surface area contributed by atoms with E-state index in [9.17, 15) is 0 Å². The Bertz CT molecular complexity index is 152. The Hall–Kier alpha value is -0.300. The fraction of sp³-hybridized carbons (Fsp3) is 0.818.